The molecule has 4 N–H and O–H groups in total. The van der Waals surface area contributed by atoms with Crippen LogP contribution in [0.1, 0.15) is 36.1 Å². The molecule has 43 heavy (non-hydrogen) atoms. The summed E-state index contributed by atoms with van der Waals surface area (Å²) >= 11 is 0. The molecular formula is C29H30F3N3O8. The average molecular weight is 606 g/mol. The van der Waals surface area contributed by atoms with Gasteiger partial charge in [0.05, 0.1) is 12.1 Å². The molecular weight excluding hydrogens is 575 g/mol. The molecule has 0 radical (unpaired) electrons. The molecule has 0 bridgehead atoms. The third-order valence-corrected chi connectivity index (χ3v) is 6.75. The lowest BCUT2D eigenvalue weighted by Gasteiger charge is -2.31. The Morgan fingerprint density at radius 3 is 2.19 bits per heavy atom. The molecule has 3 heterocycles. The largest absolute Gasteiger partial charge is 0.490 e. The molecule has 1 aromatic heterocycles. The summed E-state index contributed by atoms with van der Waals surface area (Å²) in [5, 5.41) is 31.0. The molecule has 0 aliphatic carbocycles. The van der Waals surface area contributed by atoms with Gasteiger partial charge >= 0.3 is 24.1 Å². The van der Waals surface area contributed by atoms with Crippen molar-refractivity contribution < 1.29 is 52.2 Å². The number of carbonyl (C=O) groups is 4. The summed E-state index contributed by atoms with van der Waals surface area (Å²) in [5.41, 5.74) is 5.12. The van der Waals surface area contributed by atoms with Crippen LogP contribution in [0.4, 0.5) is 18.9 Å². The predicted molar refractivity (Wildman–Crippen MR) is 147 cm³/mol. The van der Waals surface area contributed by atoms with Crippen LogP contribution in [0.3, 0.4) is 0 Å². The molecule has 0 spiro atoms. The molecule has 0 saturated carbocycles. The molecule has 14 heteroatoms. The van der Waals surface area contributed by atoms with Gasteiger partial charge in [0.25, 0.3) is 0 Å². The first kappa shape index (κ1) is 32.8. The first-order chi connectivity index (χ1) is 20.3. The normalized spacial score (nSPS) is 15.2. The smallest absolute Gasteiger partial charge is 0.478 e. The minimum Gasteiger partial charge on any atom is -0.478 e. The maximum atomic E-state index is 11.6. The number of aromatic nitrogens is 1. The fourth-order valence-electron chi connectivity index (χ4n) is 4.65. The molecule has 2 aliphatic heterocycles. The molecule has 5 rings (SSSR count). The molecule has 1 amide bonds. The SMILES string of the molecule is O=C(O)/C=C\C(=O)O.O=C(O)C(F)(F)F.O=C1Cc2cc3c(CCC4CCN(Cc5ccccc5)CC4)noc3cc2N1. The molecule has 3 aromatic rings. The van der Waals surface area contributed by atoms with E-state index in [0.29, 0.717) is 18.6 Å². The van der Waals surface area contributed by atoms with Gasteiger partial charge in [-0.15, -0.1) is 0 Å². The third-order valence-electron chi connectivity index (χ3n) is 6.75. The molecule has 1 saturated heterocycles. The van der Waals surface area contributed by atoms with Crippen molar-refractivity contribution in [3.8, 4) is 0 Å². The number of halogens is 3. The van der Waals surface area contributed by atoms with Crippen LogP contribution < -0.4 is 5.32 Å². The maximum Gasteiger partial charge on any atom is 0.490 e. The highest BCUT2D eigenvalue weighted by atomic mass is 19.4. The number of hydrogen-bond acceptors (Lipinski definition) is 7. The number of nitrogens with one attached hydrogen (secondary N) is 1. The highest BCUT2D eigenvalue weighted by Gasteiger charge is 2.38. The van der Waals surface area contributed by atoms with Crippen molar-refractivity contribution in [3.63, 3.8) is 0 Å². The van der Waals surface area contributed by atoms with Crippen molar-refractivity contribution in [3.05, 3.63) is 71.4 Å². The minimum absolute atomic E-state index is 0.0550. The Hall–Kier alpha value is -4.72. The van der Waals surface area contributed by atoms with Crippen LogP contribution in [0.15, 0.2) is 59.1 Å². The Balaban J connectivity index is 0.000000281. The number of aryl methyl sites for hydroxylation is 1. The van der Waals surface area contributed by atoms with Crippen molar-refractivity contribution in [2.75, 3.05) is 18.4 Å². The number of carboxylic acid groups (broad SMARTS) is 3. The highest BCUT2D eigenvalue weighted by molar-refractivity contribution is 6.02. The number of amides is 1. The Kier molecular flexibility index (Phi) is 11.4. The molecule has 11 nitrogen and oxygen atoms in total. The Morgan fingerprint density at radius 2 is 1.63 bits per heavy atom. The van der Waals surface area contributed by atoms with Crippen molar-refractivity contribution >= 4 is 40.5 Å². The fourth-order valence-corrected chi connectivity index (χ4v) is 4.65. The standard InChI is InChI=1S/C23H25N3O2.C4H4O4.C2HF3O2/c27-23-13-18-12-19-20(25-28-22(19)14-21(18)24-23)7-6-16-8-10-26(11-9-16)15-17-4-2-1-3-5-17;5-3(6)1-2-4(7)8;3-2(4,5)1(6)7/h1-5,12,14,16H,6-11,13,15H2,(H,24,27);1-2H,(H,5,6)(H,7,8);(H,6,7)/b;2-1-;. The lowest BCUT2D eigenvalue weighted by Crippen LogP contribution is -2.33. The van der Waals surface area contributed by atoms with Gasteiger partial charge in [-0.1, -0.05) is 35.5 Å². The molecule has 0 unspecified atom stereocenters. The molecule has 1 fully saturated rings. The number of likely N-dealkylation sites (tertiary alicyclic amines) is 1. The number of rotatable bonds is 7. The number of fused-ring (bicyclic) bond motifs is 2. The van der Waals surface area contributed by atoms with Crippen LogP contribution in [-0.2, 0) is 38.6 Å². The summed E-state index contributed by atoms with van der Waals surface area (Å²) in [5.74, 6) is -4.47. The van der Waals surface area contributed by atoms with E-state index in [0.717, 1.165) is 53.2 Å². The van der Waals surface area contributed by atoms with Crippen LogP contribution in [0.2, 0.25) is 0 Å². The number of benzene rings is 2. The van der Waals surface area contributed by atoms with E-state index >= 15 is 0 Å². The van der Waals surface area contributed by atoms with E-state index in [1.807, 2.05) is 6.07 Å². The first-order valence-corrected chi connectivity index (χ1v) is 13.2. The molecule has 230 valence electrons. The second-order valence-corrected chi connectivity index (χ2v) is 9.92. The van der Waals surface area contributed by atoms with E-state index in [9.17, 15) is 27.6 Å². The third kappa shape index (κ3) is 10.6. The Bertz CT molecular complexity index is 1450. The zero-order valence-electron chi connectivity index (χ0n) is 22.8. The summed E-state index contributed by atoms with van der Waals surface area (Å²) in [6, 6.07) is 14.7. The van der Waals surface area contributed by atoms with Gasteiger partial charge in [0.15, 0.2) is 5.58 Å². The first-order valence-electron chi connectivity index (χ1n) is 13.2. The summed E-state index contributed by atoms with van der Waals surface area (Å²) in [6.07, 6.45) is 1.07. The second kappa shape index (κ2) is 15.0. The number of anilines is 1. The lowest BCUT2D eigenvalue weighted by molar-refractivity contribution is -0.192. The zero-order chi connectivity index (χ0) is 31.6. The van der Waals surface area contributed by atoms with Crippen molar-refractivity contribution in [2.45, 2.75) is 44.8 Å². The number of carboxylic acids is 3. The van der Waals surface area contributed by atoms with Crippen LogP contribution in [0, 0.1) is 5.92 Å². The minimum atomic E-state index is -5.08. The van der Waals surface area contributed by atoms with Crippen molar-refractivity contribution in [1.29, 1.82) is 0 Å². The van der Waals surface area contributed by atoms with E-state index in [1.54, 1.807) is 0 Å². The van der Waals surface area contributed by atoms with E-state index in [2.05, 4.69) is 51.8 Å². The van der Waals surface area contributed by atoms with Gasteiger partial charge < -0.3 is 25.2 Å². The van der Waals surface area contributed by atoms with Gasteiger partial charge in [0.2, 0.25) is 5.91 Å². The number of hydrogen-bond donors (Lipinski definition) is 4. The fraction of sp³-hybridized carbons (Fsp3) is 0.345. The van der Waals surface area contributed by atoms with Crippen LogP contribution in [0.25, 0.3) is 11.0 Å². The average Bonchev–Trinajstić information content (AvgIpc) is 3.52. The van der Waals surface area contributed by atoms with Crippen LogP contribution in [-0.4, -0.2) is 68.5 Å². The summed E-state index contributed by atoms with van der Waals surface area (Å²) < 4.78 is 37.3. The number of aliphatic carboxylic acids is 3. The van der Waals surface area contributed by atoms with Crippen LogP contribution >= 0.6 is 0 Å². The van der Waals surface area contributed by atoms with E-state index in [-0.39, 0.29) is 5.91 Å². The predicted octanol–water partition coefficient (Wildman–Crippen LogP) is 4.51. The number of alkyl halides is 3. The summed E-state index contributed by atoms with van der Waals surface area (Å²) in [7, 11) is 0. The Morgan fingerprint density at radius 1 is 1.02 bits per heavy atom. The monoisotopic (exact) mass is 605 g/mol. The van der Waals surface area contributed by atoms with E-state index in [1.165, 1.54) is 31.5 Å². The highest BCUT2D eigenvalue weighted by Crippen LogP contribution is 2.32. The second-order valence-electron chi connectivity index (χ2n) is 9.92. The topological polar surface area (TPSA) is 170 Å². The number of nitrogens with zero attached hydrogens (tertiary/aromatic N) is 2. The van der Waals surface area contributed by atoms with Gasteiger partial charge in [-0.25, -0.2) is 14.4 Å². The van der Waals surface area contributed by atoms with Gasteiger partial charge in [-0.05, 0) is 61.9 Å². The number of carbonyl (C=O) groups excluding carboxylic acids is 1. The van der Waals surface area contributed by atoms with E-state index < -0.39 is 24.1 Å². The van der Waals surface area contributed by atoms with Gasteiger partial charge in [0, 0.05) is 35.8 Å². The van der Waals surface area contributed by atoms with Gasteiger partial charge in [0.1, 0.15) is 0 Å². The Labute approximate surface area is 243 Å². The maximum absolute atomic E-state index is 11.6. The zero-order valence-corrected chi connectivity index (χ0v) is 22.8. The molecule has 2 aromatic carbocycles. The van der Waals surface area contributed by atoms with Crippen LogP contribution in [0.5, 0.6) is 0 Å². The van der Waals surface area contributed by atoms with Crippen molar-refractivity contribution in [2.24, 2.45) is 5.92 Å². The van der Waals surface area contributed by atoms with Crippen molar-refractivity contribution in [1.82, 2.24) is 10.1 Å². The van der Waals surface area contributed by atoms with Gasteiger partial charge in [-0.2, -0.15) is 13.2 Å². The summed E-state index contributed by atoms with van der Waals surface area (Å²) in [4.78, 5) is 42.2. The molecule has 0 atom stereocenters. The molecule has 2 aliphatic rings. The lowest BCUT2D eigenvalue weighted by atomic mass is 9.91. The number of piperidine rings is 1. The summed E-state index contributed by atoms with van der Waals surface area (Å²) in [6.45, 7) is 3.39. The van der Waals surface area contributed by atoms with Gasteiger partial charge in [-0.3, -0.25) is 9.69 Å². The quantitative estimate of drug-likeness (QED) is 0.281. The van der Waals surface area contributed by atoms with E-state index in [4.69, 9.17) is 24.6 Å².